The molecule has 6 nitrogen and oxygen atoms in total. The molecule has 0 amide bonds. The molecular formula is C19H25NO5. The molecule has 25 heavy (non-hydrogen) atoms. The fourth-order valence-corrected chi connectivity index (χ4v) is 2.95. The quantitative estimate of drug-likeness (QED) is 0.704. The van der Waals surface area contributed by atoms with Gasteiger partial charge in [0.15, 0.2) is 0 Å². The molecule has 1 aliphatic rings. The van der Waals surface area contributed by atoms with E-state index in [0.29, 0.717) is 42.4 Å². The Morgan fingerprint density at radius 1 is 1.16 bits per heavy atom. The molecule has 0 bridgehead atoms. The number of allylic oxidation sites excluding steroid dienone is 1. The molecule has 136 valence electrons. The lowest BCUT2D eigenvalue weighted by molar-refractivity contribution is -0.147. The number of aliphatic imine (C=N–C) groups is 1. The van der Waals surface area contributed by atoms with Gasteiger partial charge in [-0.05, 0) is 38.8 Å². The van der Waals surface area contributed by atoms with Crippen LogP contribution in [0, 0.1) is 5.92 Å². The Labute approximate surface area is 147 Å². The topological polar surface area (TPSA) is 78.1 Å². The summed E-state index contributed by atoms with van der Waals surface area (Å²) in [6.45, 7) is 8.00. The van der Waals surface area contributed by atoms with Crippen LogP contribution in [-0.4, -0.2) is 30.9 Å². The second-order valence-electron chi connectivity index (χ2n) is 6.03. The average molecular weight is 347 g/mol. The van der Waals surface area contributed by atoms with Gasteiger partial charge in [0.1, 0.15) is 11.7 Å². The first-order valence-electron chi connectivity index (χ1n) is 8.64. The minimum absolute atomic E-state index is 0.314. The van der Waals surface area contributed by atoms with Gasteiger partial charge in [-0.1, -0.05) is 13.8 Å². The molecule has 6 heteroatoms. The molecule has 0 aliphatic carbocycles. The van der Waals surface area contributed by atoms with Crippen LogP contribution in [-0.2, 0) is 19.1 Å². The lowest BCUT2D eigenvalue weighted by Crippen LogP contribution is -2.36. The maximum absolute atomic E-state index is 12.6. The minimum atomic E-state index is -0.703. The second-order valence-corrected chi connectivity index (χ2v) is 6.03. The number of carbonyl (C=O) groups is 2. The largest absolute Gasteiger partial charge is 0.469 e. The van der Waals surface area contributed by atoms with E-state index < -0.39 is 23.8 Å². The first kappa shape index (κ1) is 19.0. The molecule has 0 aromatic carbocycles. The SMILES string of the molecule is CCCOC(=O)C1=C(C)N=C(C)C(C(=O)OCCC)[C@H]1c1ccco1. The average Bonchev–Trinajstić information content (AvgIpc) is 3.11. The van der Waals surface area contributed by atoms with Gasteiger partial charge in [-0.2, -0.15) is 0 Å². The molecule has 2 rings (SSSR count). The summed E-state index contributed by atoms with van der Waals surface area (Å²) in [5.74, 6) is -1.65. The molecule has 0 fully saturated rings. The van der Waals surface area contributed by atoms with Crippen molar-refractivity contribution in [1.29, 1.82) is 0 Å². The van der Waals surface area contributed by atoms with Crippen molar-refractivity contribution in [2.24, 2.45) is 10.9 Å². The van der Waals surface area contributed by atoms with Gasteiger partial charge in [-0.15, -0.1) is 0 Å². The molecule has 1 aromatic rings. The molecule has 0 saturated carbocycles. The Morgan fingerprint density at radius 3 is 2.44 bits per heavy atom. The van der Waals surface area contributed by atoms with Crippen molar-refractivity contribution in [1.82, 2.24) is 0 Å². The lowest BCUT2D eigenvalue weighted by Gasteiger charge is -2.29. The zero-order valence-electron chi connectivity index (χ0n) is 15.2. The van der Waals surface area contributed by atoms with E-state index in [0.717, 1.165) is 6.42 Å². The molecule has 1 unspecified atom stereocenters. The fourth-order valence-electron chi connectivity index (χ4n) is 2.95. The van der Waals surface area contributed by atoms with Gasteiger partial charge < -0.3 is 13.9 Å². The highest BCUT2D eigenvalue weighted by Gasteiger charge is 2.43. The fraction of sp³-hybridized carbons (Fsp3) is 0.526. The van der Waals surface area contributed by atoms with Crippen LogP contribution < -0.4 is 0 Å². The standard InChI is InChI=1S/C19H25NO5/c1-5-9-24-18(21)15-12(3)20-13(4)16(19(22)25-10-6-2)17(15)14-8-7-11-23-14/h7-8,11,15,17H,5-6,9-10H2,1-4H3/t15?,17-/m1/s1. The number of carbonyl (C=O) groups excluding carboxylic acids is 2. The van der Waals surface area contributed by atoms with E-state index in [-0.39, 0.29) is 0 Å². The third-order valence-electron chi connectivity index (χ3n) is 4.04. The van der Waals surface area contributed by atoms with Gasteiger partial charge in [0.05, 0.1) is 31.0 Å². The maximum Gasteiger partial charge on any atom is 0.336 e. The van der Waals surface area contributed by atoms with E-state index in [2.05, 4.69) is 4.99 Å². The van der Waals surface area contributed by atoms with Gasteiger partial charge in [0.25, 0.3) is 0 Å². The number of esters is 2. The first-order valence-corrected chi connectivity index (χ1v) is 8.64. The van der Waals surface area contributed by atoms with E-state index in [9.17, 15) is 9.59 Å². The molecule has 1 aliphatic heterocycles. The third-order valence-corrected chi connectivity index (χ3v) is 4.04. The molecular weight excluding hydrogens is 322 g/mol. The van der Waals surface area contributed by atoms with E-state index in [1.54, 1.807) is 26.0 Å². The van der Waals surface area contributed by atoms with Gasteiger partial charge in [-0.3, -0.25) is 9.79 Å². The summed E-state index contributed by atoms with van der Waals surface area (Å²) in [6, 6.07) is 3.49. The van der Waals surface area contributed by atoms with Crippen LogP contribution >= 0.6 is 0 Å². The zero-order chi connectivity index (χ0) is 18.4. The molecule has 0 spiro atoms. The van der Waals surface area contributed by atoms with Crippen LogP contribution in [0.4, 0.5) is 0 Å². The number of ether oxygens (including phenoxy) is 2. The van der Waals surface area contributed by atoms with Crippen molar-refractivity contribution in [2.45, 2.75) is 46.5 Å². The molecule has 0 radical (unpaired) electrons. The summed E-state index contributed by atoms with van der Waals surface area (Å²) in [6.07, 6.45) is 2.96. The van der Waals surface area contributed by atoms with E-state index in [1.165, 1.54) is 6.26 Å². The molecule has 0 saturated heterocycles. The molecule has 1 aromatic heterocycles. The smallest absolute Gasteiger partial charge is 0.336 e. The third kappa shape index (κ3) is 4.18. The number of rotatable bonds is 7. The number of nitrogens with zero attached hydrogens (tertiary/aromatic N) is 1. The van der Waals surface area contributed by atoms with Crippen molar-refractivity contribution >= 4 is 17.7 Å². The molecule has 2 heterocycles. The van der Waals surface area contributed by atoms with Gasteiger partial charge in [-0.25, -0.2) is 4.79 Å². The monoisotopic (exact) mass is 347 g/mol. The van der Waals surface area contributed by atoms with Crippen LogP contribution in [0.25, 0.3) is 0 Å². The predicted octanol–water partition coefficient (Wildman–Crippen LogP) is 3.63. The summed E-state index contributed by atoms with van der Waals surface area (Å²) in [5.41, 5.74) is 1.50. The normalized spacial score (nSPS) is 20.2. The van der Waals surface area contributed by atoms with Crippen molar-refractivity contribution in [3.05, 3.63) is 35.4 Å². The van der Waals surface area contributed by atoms with Crippen LogP contribution in [0.3, 0.4) is 0 Å². The van der Waals surface area contributed by atoms with Crippen LogP contribution in [0.2, 0.25) is 0 Å². The minimum Gasteiger partial charge on any atom is -0.469 e. The summed E-state index contributed by atoms with van der Waals surface area (Å²) in [4.78, 5) is 29.7. The number of furan rings is 1. The number of hydrogen-bond donors (Lipinski definition) is 0. The maximum atomic E-state index is 12.6. The van der Waals surface area contributed by atoms with Crippen molar-refractivity contribution in [3.63, 3.8) is 0 Å². The van der Waals surface area contributed by atoms with E-state index >= 15 is 0 Å². The predicted molar refractivity (Wildman–Crippen MR) is 93.2 cm³/mol. The van der Waals surface area contributed by atoms with Gasteiger partial charge in [0.2, 0.25) is 0 Å². The summed E-state index contributed by atoms with van der Waals surface area (Å²) in [5, 5.41) is 0. The Hall–Kier alpha value is -2.37. The van der Waals surface area contributed by atoms with Crippen LogP contribution in [0.15, 0.2) is 39.1 Å². The molecule has 0 N–H and O–H groups in total. The summed E-state index contributed by atoms with van der Waals surface area (Å²) < 4.78 is 16.2. The second kappa shape index (κ2) is 8.65. The van der Waals surface area contributed by atoms with E-state index in [4.69, 9.17) is 13.9 Å². The Morgan fingerprint density at radius 2 is 1.84 bits per heavy atom. The van der Waals surface area contributed by atoms with Crippen molar-refractivity contribution < 1.29 is 23.5 Å². The Balaban J connectivity index is 2.45. The van der Waals surface area contributed by atoms with Crippen molar-refractivity contribution in [2.75, 3.05) is 13.2 Å². The first-order chi connectivity index (χ1) is 12.0. The van der Waals surface area contributed by atoms with Crippen LogP contribution in [0.5, 0.6) is 0 Å². The summed E-state index contributed by atoms with van der Waals surface area (Å²) in [7, 11) is 0. The Bertz CT molecular complexity index is 672. The van der Waals surface area contributed by atoms with Gasteiger partial charge >= 0.3 is 11.9 Å². The molecule has 2 atom stereocenters. The highest BCUT2D eigenvalue weighted by molar-refractivity contribution is 6.06. The number of hydrogen-bond acceptors (Lipinski definition) is 6. The summed E-state index contributed by atoms with van der Waals surface area (Å²) >= 11 is 0. The highest BCUT2D eigenvalue weighted by Crippen LogP contribution is 2.40. The zero-order valence-corrected chi connectivity index (χ0v) is 15.2. The van der Waals surface area contributed by atoms with Gasteiger partial charge in [0, 0.05) is 11.4 Å². The van der Waals surface area contributed by atoms with Crippen LogP contribution in [0.1, 0.15) is 52.2 Å². The lowest BCUT2D eigenvalue weighted by atomic mass is 9.78. The highest BCUT2D eigenvalue weighted by atomic mass is 16.5. The van der Waals surface area contributed by atoms with E-state index in [1.807, 2.05) is 13.8 Å². The van der Waals surface area contributed by atoms with Crippen molar-refractivity contribution in [3.8, 4) is 0 Å². The Kier molecular flexibility index (Phi) is 6.56.